The van der Waals surface area contributed by atoms with E-state index in [1.807, 2.05) is 25.1 Å². The average Bonchev–Trinajstić information content (AvgIpc) is 2.99. The van der Waals surface area contributed by atoms with Crippen LogP contribution < -0.4 is 10.6 Å². The second-order valence-corrected chi connectivity index (χ2v) is 5.46. The summed E-state index contributed by atoms with van der Waals surface area (Å²) < 4.78 is 1.59. The molecule has 2 amide bonds. The van der Waals surface area contributed by atoms with Crippen molar-refractivity contribution in [3.8, 4) is 0 Å². The van der Waals surface area contributed by atoms with Crippen LogP contribution in [0.3, 0.4) is 0 Å². The van der Waals surface area contributed by atoms with Gasteiger partial charge in [-0.15, -0.1) is 0 Å². The van der Waals surface area contributed by atoms with Gasteiger partial charge in [-0.2, -0.15) is 5.10 Å². The molecule has 0 saturated carbocycles. The largest absolute Gasteiger partial charge is 0.348 e. The first-order valence-corrected chi connectivity index (χ1v) is 7.31. The molecule has 0 fully saturated rings. The molecule has 0 spiro atoms. The molecule has 3 rings (SSSR count). The molecule has 0 bridgehead atoms. The van der Waals surface area contributed by atoms with Crippen LogP contribution in [0.5, 0.6) is 0 Å². The SMILES string of the molecule is C[C@@H](NC(=O)Cn1cccn1)c1ccc2c(c1)CCC(=O)N2. The van der Waals surface area contributed by atoms with Crippen LogP contribution in [-0.4, -0.2) is 21.6 Å². The molecule has 0 unspecified atom stereocenters. The van der Waals surface area contributed by atoms with Crippen molar-refractivity contribution < 1.29 is 9.59 Å². The molecule has 2 aromatic rings. The third kappa shape index (κ3) is 3.16. The molecule has 114 valence electrons. The minimum absolute atomic E-state index is 0.0563. The smallest absolute Gasteiger partial charge is 0.242 e. The van der Waals surface area contributed by atoms with Crippen LogP contribution in [0.2, 0.25) is 0 Å². The van der Waals surface area contributed by atoms with E-state index in [4.69, 9.17) is 0 Å². The molecule has 6 nitrogen and oxygen atoms in total. The number of rotatable bonds is 4. The Kier molecular flexibility index (Phi) is 3.91. The van der Waals surface area contributed by atoms with Crippen LogP contribution >= 0.6 is 0 Å². The van der Waals surface area contributed by atoms with Crippen molar-refractivity contribution in [2.45, 2.75) is 32.4 Å². The number of aryl methyl sites for hydroxylation is 1. The van der Waals surface area contributed by atoms with Crippen molar-refractivity contribution in [2.75, 3.05) is 5.32 Å². The lowest BCUT2D eigenvalue weighted by Crippen LogP contribution is -2.30. The van der Waals surface area contributed by atoms with Gasteiger partial charge in [-0.3, -0.25) is 14.3 Å². The van der Waals surface area contributed by atoms with Crippen molar-refractivity contribution in [3.05, 3.63) is 47.8 Å². The van der Waals surface area contributed by atoms with E-state index in [2.05, 4.69) is 15.7 Å². The number of aromatic nitrogens is 2. The van der Waals surface area contributed by atoms with Gasteiger partial charge in [0, 0.05) is 24.5 Å². The second kappa shape index (κ2) is 6.01. The summed E-state index contributed by atoms with van der Waals surface area (Å²) in [7, 11) is 0. The van der Waals surface area contributed by atoms with Gasteiger partial charge in [0.1, 0.15) is 6.54 Å². The van der Waals surface area contributed by atoms with Gasteiger partial charge in [0.2, 0.25) is 11.8 Å². The summed E-state index contributed by atoms with van der Waals surface area (Å²) in [6.45, 7) is 2.16. The van der Waals surface area contributed by atoms with Crippen molar-refractivity contribution in [3.63, 3.8) is 0 Å². The number of nitrogens with one attached hydrogen (secondary N) is 2. The Hall–Kier alpha value is -2.63. The first-order valence-electron chi connectivity index (χ1n) is 7.31. The summed E-state index contributed by atoms with van der Waals surface area (Å²) in [5.74, 6) is -0.0250. The molecule has 2 heterocycles. The lowest BCUT2D eigenvalue weighted by molar-refractivity contribution is -0.122. The van der Waals surface area contributed by atoms with Gasteiger partial charge < -0.3 is 10.6 Å². The maximum atomic E-state index is 12.0. The summed E-state index contributed by atoms with van der Waals surface area (Å²) in [4.78, 5) is 23.4. The van der Waals surface area contributed by atoms with E-state index < -0.39 is 0 Å². The Morgan fingerprint density at radius 2 is 2.32 bits per heavy atom. The van der Waals surface area contributed by atoms with E-state index in [9.17, 15) is 9.59 Å². The molecule has 0 aliphatic carbocycles. The molecule has 2 N–H and O–H groups in total. The fraction of sp³-hybridized carbons (Fsp3) is 0.312. The number of carbonyl (C=O) groups is 2. The van der Waals surface area contributed by atoms with E-state index in [1.54, 1.807) is 23.1 Å². The third-order valence-corrected chi connectivity index (χ3v) is 3.77. The molecule has 1 aliphatic heterocycles. The van der Waals surface area contributed by atoms with E-state index in [-0.39, 0.29) is 24.4 Å². The molecule has 22 heavy (non-hydrogen) atoms. The molecule has 1 aliphatic rings. The van der Waals surface area contributed by atoms with Crippen LogP contribution in [0.4, 0.5) is 5.69 Å². The number of carbonyl (C=O) groups excluding carboxylic acids is 2. The molecular formula is C16H18N4O2. The van der Waals surface area contributed by atoms with Gasteiger partial charge in [0.15, 0.2) is 0 Å². The summed E-state index contributed by atoms with van der Waals surface area (Å²) in [5.41, 5.74) is 3.02. The molecule has 6 heteroatoms. The van der Waals surface area contributed by atoms with E-state index in [0.29, 0.717) is 6.42 Å². The molecule has 0 saturated heterocycles. The zero-order valence-corrected chi connectivity index (χ0v) is 12.4. The van der Waals surface area contributed by atoms with Crippen LogP contribution in [0.1, 0.15) is 30.5 Å². The quantitative estimate of drug-likeness (QED) is 0.901. The minimum atomic E-state index is -0.0917. The van der Waals surface area contributed by atoms with Crippen molar-refractivity contribution in [1.29, 1.82) is 0 Å². The first kappa shape index (κ1) is 14.3. The van der Waals surface area contributed by atoms with E-state index in [1.165, 1.54) is 0 Å². The Morgan fingerprint density at radius 1 is 1.45 bits per heavy atom. The van der Waals surface area contributed by atoms with Gasteiger partial charge in [-0.05, 0) is 36.6 Å². The maximum absolute atomic E-state index is 12.0. The van der Waals surface area contributed by atoms with Crippen molar-refractivity contribution >= 4 is 17.5 Å². The number of amides is 2. The van der Waals surface area contributed by atoms with Gasteiger partial charge in [0.25, 0.3) is 0 Å². The molecule has 1 aromatic heterocycles. The normalized spacial score (nSPS) is 14.9. The third-order valence-electron chi connectivity index (χ3n) is 3.77. The highest BCUT2D eigenvalue weighted by molar-refractivity contribution is 5.93. The van der Waals surface area contributed by atoms with E-state index >= 15 is 0 Å². The van der Waals surface area contributed by atoms with Gasteiger partial charge in [-0.25, -0.2) is 0 Å². The van der Waals surface area contributed by atoms with Crippen LogP contribution in [0.25, 0.3) is 0 Å². The fourth-order valence-electron chi connectivity index (χ4n) is 2.58. The van der Waals surface area contributed by atoms with Gasteiger partial charge in [-0.1, -0.05) is 12.1 Å². The molecule has 0 radical (unpaired) electrons. The molecular weight excluding hydrogens is 280 g/mol. The highest BCUT2D eigenvalue weighted by Gasteiger charge is 2.17. The minimum Gasteiger partial charge on any atom is -0.348 e. The standard InChI is InChI=1S/C16H18N4O2/c1-11(18-16(22)10-20-8-2-7-17-20)12-3-5-14-13(9-12)4-6-15(21)19-14/h2-3,5,7-9,11H,4,6,10H2,1H3,(H,18,22)(H,19,21)/t11-/m1/s1. The highest BCUT2D eigenvalue weighted by atomic mass is 16.2. The first-order chi connectivity index (χ1) is 10.6. The Balaban J connectivity index is 1.66. The average molecular weight is 298 g/mol. The van der Waals surface area contributed by atoms with Crippen LogP contribution in [0.15, 0.2) is 36.7 Å². The Labute approximate surface area is 128 Å². The van der Waals surface area contributed by atoms with Gasteiger partial charge in [0.05, 0.1) is 6.04 Å². The van der Waals surface area contributed by atoms with Crippen molar-refractivity contribution in [1.82, 2.24) is 15.1 Å². The van der Waals surface area contributed by atoms with E-state index in [0.717, 1.165) is 23.2 Å². The number of hydrogen-bond acceptors (Lipinski definition) is 3. The zero-order chi connectivity index (χ0) is 15.5. The molecule has 1 aromatic carbocycles. The fourth-order valence-corrected chi connectivity index (χ4v) is 2.58. The number of anilines is 1. The summed E-state index contributed by atoms with van der Waals surface area (Å²) in [6.07, 6.45) is 4.65. The monoisotopic (exact) mass is 298 g/mol. The Morgan fingerprint density at radius 3 is 3.09 bits per heavy atom. The predicted molar refractivity (Wildman–Crippen MR) is 82.2 cm³/mol. The second-order valence-electron chi connectivity index (χ2n) is 5.46. The maximum Gasteiger partial charge on any atom is 0.242 e. The topological polar surface area (TPSA) is 76.0 Å². The van der Waals surface area contributed by atoms with Gasteiger partial charge >= 0.3 is 0 Å². The number of hydrogen-bond donors (Lipinski definition) is 2. The summed E-state index contributed by atoms with van der Waals surface area (Å²) >= 11 is 0. The van der Waals surface area contributed by atoms with Crippen molar-refractivity contribution in [2.24, 2.45) is 0 Å². The lowest BCUT2D eigenvalue weighted by Gasteiger charge is -2.20. The highest BCUT2D eigenvalue weighted by Crippen LogP contribution is 2.26. The van der Waals surface area contributed by atoms with Crippen LogP contribution in [0, 0.1) is 0 Å². The lowest BCUT2D eigenvalue weighted by atomic mass is 9.98. The summed E-state index contributed by atoms with van der Waals surface area (Å²) in [6, 6.07) is 7.58. The zero-order valence-electron chi connectivity index (χ0n) is 12.4. The molecule has 1 atom stereocenters. The number of benzene rings is 1. The summed E-state index contributed by atoms with van der Waals surface area (Å²) in [5, 5.41) is 9.84. The Bertz CT molecular complexity index is 694. The van der Waals surface area contributed by atoms with Crippen LogP contribution in [-0.2, 0) is 22.6 Å². The number of fused-ring (bicyclic) bond motifs is 1. The predicted octanol–water partition coefficient (Wildman–Crippen LogP) is 1.65. The number of nitrogens with zero attached hydrogens (tertiary/aromatic N) is 2.